The lowest BCUT2D eigenvalue weighted by molar-refractivity contribution is 0.0679. The highest BCUT2D eigenvalue weighted by atomic mass is 127. The van der Waals surface area contributed by atoms with Crippen LogP contribution in [-0.4, -0.2) is 22.2 Å². The smallest absolute Gasteiger partial charge is 0.336 e. The van der Waals surface area contributed by atoms with Crippen molar-refractivity contribution in [3.05, 3.63) is 34.4 Å². The molecule has 0 aliphatic rings. The second-order valence-corrected chi connectivity index (χ2v) is 3.83. The van der Waals surface area contributed by atoms with Crippen molar-refractivity contribution in [2.24, 2.45) is 0 Å². The molecule has 0 heterocycles. The quantitative estimate of drug-likeness (QED) is 0.662. The highest BCUT2D eigenvalue weighted by molar-refractivity contribution is 14.1. The van der Waals surface area contributed by atoms with Gasteiger partial charge in [-0.3, -0.25) is 0 Å². The van der Waals surface area contributed by atoms with Gasteiger partial charge in [0.1, 0.15) is 0 Å². The van der Waals surface area contributed by atoms with Crippen molar-refractivity contribution < 1.29 is 19.8 Å². The van der Waals surface area contributed by atoms with Gasteiger partial charge in [0.15, 0.2) is 0 Å². The molecule has 0 aliphatic carbocycles. The molecule has 0 bridgehead atoms. The molecule has 0 aromatic heterocycles. The van der Waals surface area contributed by atoms with Crippen molar-refractivity contribution in [1.82, 2.24) is 0 Å². The molecule has 0 unspecified atom stereocenters. The van der Waals surface area contributed by atoms with Gasteiger partial charge in [-0.05, 0) is 30.2 Å². The van der Waals surface area contributed by atoms with Gasteiger partial charge in [-0.15, -0.1) is 0 Å². The lowest BCUT2D eigenvalue weighted by Crippen LogP contribution is -2.07. The summed E-state index contributed by atoms with van der Waals surface area (Å²) in [6.07, 6.45) is 0. The molecule has 0 amide bonds. The van der Waals surface area contributed by atoms with Crippen molar-refractivity contribution in [2.45, 2.75) is 11.4 Å². The van der Waals surface area contributed by atoms with Crippen LogP contribution in [0.15, 0.2) is 12.1 Å². The topological polar surface area (TPSA) is 74.6 Å². The van der Waals surface area contributed by atoms with Gasteiger partial charge >= 0.3 is 11.9 Å². The molecule has 0 radical (unpaired) electrons. The van der Waals surface area contributed by atoms with E-state index in [0.29, 0.717) is 15.6 Å². The summed E-state index contributed by atoms with van der Waals surface area (Å²) in [4.78, 5) is 21.7. The molecule has 15 heavy (non-hydrogen) atoms. The van der Waals surface area contributed by atoms with Crippen molar-refractivity contribution in [2.75, 3.05) is 0 Å². The minimum absolute atomic E-state index is 0.159. The minimum atomic E-state index is -1.03. The third-order valence-electron chi connectivity index (χ3n) is 2.05. The number of carboxylic acid groups (broad SMARTS) is 2. The molecule has 80 valence electrons. The Bertz CT molecular complexity index is 426. The molecule has 0 atom stereocenters. The maximum absolute atomic E-state index is 10.9. The lowest BCUT2D eigenvalue weighted by atomic mass is 10.0. The van der Waals surface area contributed by atoms with Gasteiger partial charge < -0.3 is 10.2 Å². The van der Waals surface area contributed by atoms with Crippen LogP contribution in [0.3, 0.4) is 0 Å². The molecule has 0 aliphatic heterocycles. The zero-order valence-corrected chi connectivity index (χ0v) is 10.1. The summed E-state index contributed by atoms with van der Waals surface area (Å²) in [7, 11) is 0. The first kappa shape index (κ1) is 12.0. The van der Waals surface area contributed by atoms with E-state index >= 15 is 0 Å². The number of benzene rings is 1. The monoisotopic (exact) mass is 320 g/mol. The van der Waals surface area contributed by atoms with Gasteiger partial charge in [0, 0.05) is 4.43 Å². The Morgan fingerprint density at radius 1 is 1.20 bits per heavy atom. The number of hydrogen-bond acceptors (Lipinski definition) is 2. The molecule has 4 nitrogen and oxygen atoms in total. The second-order valence-electron chi connectivity index (χ2n) is 3.07. The van der Waals surface area contributed by atoms with E-state index in [4.69, 9.17) is 10.2 Å². The van der Waals surface area contributed by atoms with Crippen molar-refractivity contribution in [1.29, 1.82) is 0 Å². The first-order valence-corrected chi connectivity index (χ1v) is 5.66. The fraction of sp³-hybridized carbons (Fsp3) is 0.200. The molecule has 1 rings (SSSR count). The van der Waals surface area contributed by atoms with E-state index in [0.717, 1.165) is 0 Å². The number of aromatic carboxylic acids is 2. The Kier molecular flexibility index (Phi) is 3.67. The largest absolute Gasteiger partial charge is 0.478 e. The number of carboxylic acids is 2. The van der Waals surface area contributed by atoms with Crippen LogP contribution in [0.1, 0.15) is 31.8 Å². The van der Waals surface area contributed by atoms with E-state index in [2.05, 4.69) is 0 Å². The SMILES string of the molecule is Cc1cc(C(=O)O)c(CI)cc1C(=O)O. The highest BCUT2D eigenvalue weighted by Crippen LogP contribution is 2.19. The van der Waals surface area contributed by atoms with E-state index in [1.54, 1.807) is 6.92 Å². The Labute approximate surface area is 100 Å². The lowest BCUT2D eigenvalue weighted by Gasteiger charge is -2.07. The first-order valence-electron chi connectivity index (χ1n) is 4.13. The van der Waals surface area contributed by atoms with Gasteiger partial charge in [-0.2, -0.15) is 0 Å². The van der Waals surface area contributed by atoms with Crippen LogP contribution in [0, 0.1) is 6.92 Å². The van der Waals surface area contributed by atoms with Gasteiger partial charge in [0.25, 0.3) is 0 Å². The van der Waals surface area contributed by atoms with Crippen LogP contribution in [0.4, 0.5) is 0 Å². The summed E-state index contributed by atoms with van der Waals surface area (Å²) >= 11 is 2.01. The number of halogens is 1. The molecule has 0 saturated carbocycles. The maximum atomic E-state index is 10.9. The third kappa shape index (κ3) is 2.47. The van der Waals surface area contributed by atoms with Gasteiger partial charge in [0.2, 0.25) is 0 Å². The Balaban J connectivity index is 3.42. The minimum Gasteiger partial charge on any atom is -0.478 e. The van der Waals surface area contributed by atoms with Crippen LogP contribution in [0.25, 0.3) is 0 Å². The van der Waals surface area contributed by atoms with E-state index in [1.807, 2.05) is 22.6 Å². The molecule has 0 saturated heterocycles. The Hall–Kier alpha value is -1.11. The summed E-state index contributed by atoms with van der Waals surface area (Å²) in [5, 5.41) is 17.8. The van der Waals surface area contributed by atoms with Gasteiger partial charge in [-0.25, -0.2) is 9.59 Å². The molecule has 0 fully saturated rings. The molecular weight excluding hydrogens is 311 g/mol. The average Bonchev–Trinajstić information content (AvgIpc) is 2.16. The van der Waals surface area contributed by atoms with Crippen molar-refractivity contribution in [3.8, 4) is 0 Å². The molecule has 0 spiro atoms. The van der Waals surface area contributed by atoms with Crippen molar-refractivity contribution in [3.63, 3.8) is 0 Å². The summed E-state index contributed by atoms with van der Waals surface area (Å²) in [6, 6.07) is 2.83. The van der Waals surface area contributed by atoms with Crippen LogP contribution in [0.5, 0.6) is 0 Å². The molecule has 1 aromatic carbocycles. The molecular formula is C10H9IO4. The molecule has 2 N–H and O–H groups in total. The van der Waals surface area contributed by atoms with E-state index in [9.17, 15) is 9.59 Å². The zero-order valence-electron chi connectivity index (χ0n) is 7.95. The summed E-state index contributed by atoms with van der Waals surface area (Å²) in [5.41, 5.74) is 1.33. The predicted octanol–water partition coefficient (Wildman–Crippen LogP) is 2.33. The zero-order chi connectivity index (χ0) is 11.6. The third-order valence-corrected chi connectivity index (χ3v) is 2.88. The van der Waals surface area contributed by atoms with Gasteiger partial charge in [-0.1, -0.05) is 22.6 Å². The standard InChI is InChI=1S/C10H9IO4/c1-5-2-8(10(14)15)6(4-11)3-7(5)9(12)13/h2-3H,4H2,1H3,(H,12,13)(H,14,15). The normalized spacial score (nSPS) is 10.0. The van der Waals surface area contributed by atoms with Crippen molar-refractivity contribution >= 4 is 34.5 Å². The van der Waals surface area contributed by atoms with E-state index in [1.165, 1.54) is 12.1 Å². The summed E-state index contributed by atoms with van der Waals surface area (Å²) in [5.74, 6) is -2.06. The number of aryl methyl sites for hydroxylation is 1. The average molecular weight is 320 g/mol. The first-order chi connectivity index (χ1) is 6.97. The Morgan fingerprint density at radius 3 is 2.13 bits per heavy atom. The summed E-state index contributed by atoms with van der Waals surface area (Å²) < 4.78 is 0.472. The van der Waals surface area contributed by atoms with Gasteiger partial charge in [0.05, 0.1) is 11.1 Å². The Morgan fingerprint density at radius 2 is 1.73 bits per heavy atom. The van der Waals surface area contributed by atoms with Crippen LogP contribution in [0.2, 0.25) is 0 Å². The fourth-order valence-corrected chi connectivity index (χ4v) is 1.92. The number of alkyl halides is 1. The predicted molar refractivity (Wildman–Crippen MR) is 62.8 cm³/mol. The molecule has 5 heteroatoms. The second kappa shape index (κ2) is 4.61. The van der Waals surface area contributed by atoms with E-state index < -0.39 is 11.9 Å². The fourth-order valence-electron chi connectivity index (χ4n) is 1.29. The van der Waals surface area contributed by atoms with Crippen LogP contribution in [-0.2, 0) is 4.43 Å². The van der Waals surface area contributed by atoms with E-state index in [-0.39, 0.29) is 11.1 Å². The highest BCUT2D eigenvalue weighted by Gasteiger charge is 2.15. The summed E-state index contributed by atoms with van der Waals surface area (Å²) in [6.45, 7) is 1.59. The number of rotatable bonds is 3. The molecule has 1 aromatic rings. The van der Waals surface area contributed by atoms with Crippen LogP contribution < -0.4 is 0 Å². The number of carbonyl (C=O) groups is 2. The number of hydrogen-bond donors (Lipinski definition) is 2. The van der Waals surface area contributed by atoms with Crippen LogP contribution >= 0.6 is 22.6 Å². The maximum Gasteiger partial charge on any atom is 0.336 e.